The molecule has 0 amide bonds. The number of hydrogen-bond donors (Lipinski definition) is 0. The molecule has 0 aromatic heterocycles. The maximum absolute atomic E-state index is 10.7. The van der Waals surface area contributed by atoms with Crippen LogP contribution in [0.2, 0.25) is 0 Å². The van der Waals surface area contributed by atoms with Crippen LogP contribution >= 0.6 is 0 Å². The van der Waals surface area contributed by atoms with Gasteiger partial charge in [0.15, 0.2) is 5.75 Å². The third-order valence-electron chi connectivity index (χ3n) is 2.40. The van der Waals surface area contributed by atoms with Crippen molar-refractivity contribution >= 4 is 17.1 Å². The maximum Gasteiger partial charge on any atom is 0.311 e. The average molecular weight is 257 g/mol. The zero-order chi connectivity index (χ0) is 13.7. The van der Waals surface area contributed by atoms with Crippen LogP contribution in [-0.4, -0.2) is 12.0 Å². The van der Waals surface area contributed by atoms with Crippen molar-refractivity contribution in [2.75, 3.05) is 7.11 Å². The van der Waals surface area contributed by atoms with Gasteiger partial charge in [-0.05, 0) is 18.2 Å². The SMILES string of the molecule is COc1cc(/N=N/c2ccccc2)ccc1[N+](=O)[O-]. The van der Waals surface area contributed by atoms with Gasteiger partial charge < -0.3 is 4.74 Å². The van der Waals surface area contributed by atoms with E-state index in [-0.39, 0.29) is 11.4 Å². The van der Waals surface area contributed by atoms with E-state index in [1.54, 1.807) is 0 Å². The third-order valence-corrected chi connectivity index (χ3v) is 2.40. The summed E-state index contributed by atoms with van der Waals surface area (Å²) < 4.78 is 4.96. The largest absolute Gasteiger partial charge is 0.490 e. The Balaban J connectivity index is 2.27. The van der Waals surface area contributed by atoms with Crippen molar-refractivity contribution in [3.8, 4) is 5.75 Å². The van der Waals surface area contributed by atoms with Crippen LogP contribution in [0.15, 0.2) is 58.8 Å². The lowest BCUT2D eigenvalue weighted by Crippen LogP contribution is -1.92. The van der Waals surface area contributed by atoms with Gasteiger partial charge in [-0.2, -0.15) is 10.2 Å². The zero-order valence-corrected chi connectivity index (χ0v) is 10.2. The van der Waals surface area contributed by atoms with E-state index in [9.17, 15) is 10.1 Å². The molecule has 0 aliphatic rings. The highest BCUT2D eigenvalue weighted by atomic mass is 16.6. The Morgan fingerprint density at radius 2 is 1.74 bits per heavy atom. The lowest BCUT2D eigenvalue weighted by Gasteiger charge is -2.01. The molecule has 0 unspecified atom stereocenters. The molecular weight excluding hydrogens is 246 g/mol. The number of nitro benzene ring substituents is 1. The molecule has 0 radical (unpaired) electrons. The van der Waals surface area contributed by atoms with Gasteiger partial charge in [0.25, 0.3) is 0 Å². The highest BCUT2D eigenvalue weighted by molar-refractivity contribution is 5.55. The number of hydrogen-bond acceptors (Lipinski definition) is 5. The van der Waals surface area contributed by atoms with Crippen molar-refractivity contribution in [2.45, 2.75) is 0 Å². The van der Waals surface area contributed by atoms with Crippen molar-refractivity contribution in [1.82, 2.24) is 0 Å². The first-order valence-corrected chi connectivity index (χ1v) is 5.50. The summed E-state index contributed by atoms with van der Waals surface area (Å²) in [4.78, 5) is 10.2. The summed E-state index contributed by atoms with van der Waals surface area (Å²) in [6.45, 7) is 0. The lowest BCUT2D eigenvalue weighted by molar-refractivity contribution is -0.385. The van der Waals surface area contributed by atoms with Crippen LogP contribution in [0.25, 0.3) is 0 Å². The van der Waals surface area contributed by atoms with Crippen LogP contribution < -0.4 is 4.74 Å². The van der Waals surface area contributed by atoms with Crippen LogP contribution in [0.3, 0.4) is 0 Å². The Morgan fingerprint density at radius 1 is 1.05 bits per heavy atom. The molecule has 0 atom stereocenters. The second kappa shape index (κ2) is 5.72. The minimum atomic E-state index is -0.503. The van der Waals surface area contributed by atoms with Crippen molar-refractivity contribution < 1.29 is 9.66 Å². The first kappa shape index (κ1) is 12.7. The van der Waals surface area contributed by atoms with Crippen molar-refractivity contribution in [1.29, 1.82) is 0 Å². The molecule has 0 saturated carbocycles. The van der Waals surface area contributed by atoms with Crippen LogP contribution in [0.4, 0.5) is 17.1 Å². The zero-order valence-electron chi connectivity index (χ0n) is 10.2. The van der Waals surface area contributed by atoms with Crippen LogP contribution in [0.1, 0.15) is 0 Å². The molecule has 19 heavy (non-hydrogen) atoms. The van der Waals surface area contributed by atoms with Crippen molar-refractivity contribution in [3.63, 3.8) is 0 Å². The van der Waals surface area contributed by atoms with E-state index in [1.807, 2.05) is 30.3 Å². The van der Waals surface area contributed by atoms with E-state index < -0.39 is 4.92 Å². The molecule has 0 fully saturated rings. The molecule has 0 N–H and O–H groups in total. The van der Waals surface area contributed by atoms with Gasteiger partial charge in [0, 0.05) is 12.1 Å². The van der Waals surface area contributed by atoms with Crippen LogP contribution in [0, 0.1) is 10.1 Å². The van der Waals surface area contributed by atoms with E-state index >= 15 is 0 Å². The van der Waals surface area contributed by atoms with E-state index in [2.05, 4.69) is 10.2 Å². The summed E-state index contributed by atoms with van der Waals surface area (Å²) in [6.07, 6.45) is 0. The third kappa shape index (κ3) is 3.12. The predicted octanol–water partition coefficient (Wildman–Crippen LogP) is 4.02. The van der Waals surface area contributed by atoms with E-state index in [0.717, 1.165) is 0 Å². The van der Waals surface area contributed by atoms with Gasteiger partial charge in [-0.25, -0.2) is 0 Å². The van der Waals surface area contributed by atoms with E-state index in [0.29, 0.717) is 11.4 Å². The summed E-state index contributed by atoms with van der Waals surface area (Å²) in [5.74, 6) is 0.162. The van der Waals surface area contributed by atoms with Gasteiger partial charge in [-0.15, -0.1) is 0 Å². The quantitative estimate of drug-likeness (QED) is 0.471. The van der Waals surface area contributed by atoms with Crippen molar-refractivity contribution in [2.24, 2.45) is 10.2 Å². The monoisotopic (exact) mass is 257 g/mol. The number of nitrogens with zero attached hydrogens (tertiary/aromatic N) is 3. The number of benzene rings is 2. The highest BCUT2D eigenvalue weighted by Gasteiger charge is 2.14. The molecule has 6 nitrogen and oxygen atoms in total. The summed E-state index contributed by atoms with van der Waals surface area (Å²) in [7, 11) is 1.38. The van der Waals surface area contributed by atoms with Crippen LogP contribution in [-0.2, 0) is 0 Å². The van der Waals surface area contributed by atoms with Gasteiger partial charge in [-0.1, -0.05) is 18.2 Å². The van der Waals surface area contributed by atoms with Gasteiger partial charge in [0.2, 0.25) is 0 Å². The van der Waals surface area contributed by atoms with Gasteiger partial charge in [-0.3, -0.25) is 10.1 Å². The number of methoxy groups -OCH3 is 1. The molecule has 2 rings (SSSR count). The minimum absolute atomic E-state index is 0.0961. The Labute approximate surface area is 109 Å². The molecule has 0 saturated heterocycles. The fourth-order valence-electron chi connectivity index (χ4n) is 1.49. The molecular formula is C13H11N3O3. The summed E-state index contributed by atoms with van der Waals surface area (Å²) in [6, 6.07) is 13.6. The highest BCUT2D eigenvalue weighted by Crippen LogP contribution is 2.31. The first-order valence-electron chi connectivity index (χ1n) is 5.50. The lowest BCUT2D eigenvalue weighted by atomic mass is 10.2. The van der Waals surface area contributed by atoms with Gasteiger partial charge in [0.1, 0.15) is 0 Å². The number of nitro groups is 1. The fraction of sp³-hybridized carbons (Fsp3) is 0.0769. The first-order chi connectivity index (χ1) is 9.20. The van der Waals surface area contributed by atoms with E-state index in [1.165, 1.54) is 25.3 Å². The second-order valence-corrected chi connectivity index (χ2v) is 3.65. The normalized spacial score (nSPS) is 10.6. The Kier molecular flexibility index (Phi) is 3.82. The topological polar surface area (TPSA) is 77.1 Å². The molecule has 0 heterocycles. The average Bonchev–Trinajstić information content (AvgIpc) is 2.45. The smallest absolute Gasteiger partial charge is 0.311 e. The molecule has 6 heteroatoms. The molecule has 0 bridgehead atoms. The van der Waals surface area contributed by atoms with Crippen LogP contribution in [0.5, 0.6) is 5.75 Å². The van der Waals surface area contributed by atoms with E-state index in [4.69, 9.17) is 4.74 Å². The predicted molar refractivity (Wildman–Crippen MR) is 70.3 cm³/mol. The number of ether oxygens (including phenoxy) is 1. The summed E-state index contributed by atoms with van der Waals surface area (Å²) in [5.41, 5.74) is 1.10. The molecule has 96 valence electrons. The minimum Gasteiger partial charge on any atom is -0.490 e. The van der Waals surface area contributed by atoms with Gasteiger partial charge in [0.05, 0.1) is 23.4 Å². The Hall–Kier alpha value is -2.76. The molecule has 0 aliphatic heterocycles. The summed E-state index contributed by atoms with van der Waals surface area (Å²) >= 11 is 0. The molecule has 2 aromatic carbocycles. The molecule has 0 aliphatic carbocycles. The molecule has 0 spiro atoms. The second-order valence-electron chi connectivity index (χ2n) is 3.65. The van der Waals surface area contributed by atoms with Crippen molar-refractivity contribution in [3.05, 3.63) is 58.6 Å². The standard InChI is InChI=1S/C13H11N3O3/c1-19-13-9-11(7-8-12(13)16(17)18)15-14-10-5-3-2-4-6-10/h2-9H,1H3/b15-14+. The number of azo groups is 1. The Bertz CT molecular complexity index is 612. The molecule has 2 aromatic rings. The summed E-state index contributed by atoms with van der Waals surface area (Å²) in [5, 5.41) is 18.8. The number of rotatable bonds is 4. The maximum atomic E-state index is 10.7. The Morgan fingerprint density at radius 3 is 2.37 bits per heavy atom. The van der Waals surface area contributed by atoms with Gasteiger partial charge >= 0.3 is 5.69 Å². The fourth-order valence-corrected chi connectivity index (χ4v) is 1.49.